The third-order valence-electron chi connectivity index (χ3n) is 3.63. The summed E-state index contributed by atoms with van der Waals surface area (Å²) in [4.78, 5) is 16.1. The summed E-state index contributed by atoms with van der Waals surface area (Å²) in [6, 6.07) is 1.72. The van der Waals surface area contributed by atoms with E-state index < -0.39 is 0 Å². The van der Waals surface area contributed by atoms with Crippen molar-refractivity contribution in [2.45, 2.75) is 13.8 Å². The largest absolute Gasteiger partial charge is 0.493 e. The molecular formula is C17H19BrClNO5. The Labute approximate surface area is 159 Å². The predicted molar refractivity (Wildman–Crippen MR) is 98.9 cm³/mol. The van der Waals surface area contributed by atoms with E-state index in [-0.39, 0.29) is 16.7 Å². The van der Waals surface area contributed by atoms with E-state index in [0.717, 1.165) is 0 Å². The van der Waals surface area contributed by atoms with Gasteiger partial charge >= 0.3 is 0 Å². The SMILES string of the molecule is CCOc1[nH]c(Cl)c(Br)c1C(=O)c1c(C)cc(OC)c(OC)c1OC. The lowest BCUT2D eigenvalue weighted by molar-refractivity contribution is 0.103. The number of aromatic amines is 1. The Morgan fingerprint density at radius 2 is 1.80 bits per heavy atom. The highest BCUT2D eigenvalue weighted by molar-refractivity contribution is 9.10. The Hall–Kier alpha value is -1.86. The van der Waals surface area contributed by atoms with E-state index in [4.69, 9.17) is 30.5 Å². The van der Waals surface area contributed by atoms with Gasteiger partial charge in [-0.15, -0.1) is 0 Å². The molecule has 0 unspecified atom stereocenters. The minimum atomic E-state index is -0.311. The second-order valence-electron chi connectivity index (χ2n) is 5.06. The van der Waals surface area contributed by atoms with Gasteiger partial charge in [0.25, 0.3) is 0 Å². The van der Waals surface area contributed by atoms with Crippen LogP contribution >= 0.6 is 27.5 Å². The summed E-state index contributed by atoms with van der Waals surface area (Å²) in [5, 5.41) is 0.281. The van der Waals surface area contributed by atoms with Crippen LogP contribution in [0.4, 0.5) is 0 Å². The second kappa shape index (κ2) is 8.01. The number of carbonyl (C=O) groups excluding carboxylic acids is 1. The maximum atomic E-state index is 13.3. The summed E-state index contributed by atoms with van der Waals surface area (Å²) in [5.41, 5.74) is 1.31. The molecule has 2 rings (SSSR count). The molecule has 0 saturated carbocycles. The Bertz CT molecular complexity index is 803. The van der Waals surface area contributed by atoms with Gasteiger partial charge in [-0.3, -0.25) is 4.79 Å². The number of ether oxygens (including phenoxy) is 4. The molecule has 0 aliphatic rings. The summed E-state index contributed by atoms with van der Waals surface area (Å²) in [6.07, 6.45) is 0. The van der Waals surface area contributed by atoms with Crippen LogP contribution in [0.5, 0.6) is 23.1 Å². The minimum absolute atomic E-state index is 0.281. The lowest BCUT2D eigenvalue weighted by Crippen LogP contribution is -2.10. The van der Waals surface area contributed by atoms with Gasteiger partial charge in [0.1, 0.15) is 10.7 Å². The van der Waals surface area contributed by atoms with Crippen LogP contribution < -0.4 is 18.9 Å². The molecule has 6 nitrogen and oxygen atoms in total. The lowest BCUT2D eigenvalue weighted by atomic mass is 9.98. The first kappa shape index (κ1) is 19.5. The molecule has 8 heteroatoms. The molecule has 1 heterocycles. The maximum Gasteiger partial charge on any atom is 0.204 e. The maximum absolute atomic E-state index is 13.3. The Kier molecular flexibility index (Phi) is 6.24. The summed E-state index contributed by atoms with van der Waals surface area (Å²) in [6.45, 7) is 3.99. The van der Waals surface area contributed by atoms with Gasteiger partial charge in [-0.1, -0.05) is 11.6 Å². The van der Waals surface area contributed by atoms with Gasteiger partial charge in [-0.25, -0.2) is 0 Å². The fourth-order valence-corrected chi connectivity index (χ4v) is 3.21. The van der Waals surface area contributed by atoms with Crippen LogP contribution in [0.3, 0.4) is 0 Å². The number of aromatic nitrogens is 1. The number of hydrogen-bond donors (Lipinski definition) is 1. The van der Waals surface area contributed by atoms with E-state index in [1.54, 1.807) is 13.0 Å². The molecule has 0 aliphatic heterocycles. The molecule has 1 aromatic heterocycles. The van der Waals surface area contributed by atoms with Crippen LogP contribution in [-0.4, -0.2) is 38.7 Å². The fourth-order valence-electron chi connectivity index (χ4n) is 2.57. The molecule has 0 fully saturated rings. The Morgan fingerprint density at radius 1 is 1.16 bits per heavy atom. The summed E-state index contributed by atoms with van der Waals surface area (Å²) < 4.78 is 22.1. The minimum Gasteiger partial charge on any atom is -0.493 e. The molecule has 0 saturated heterocycles. The number of halogens is 2. The highest BCUT2D eigenvalue weighted by Crippen LogP contribution is 2.44. The monoisotopic (exact) mass is 431 g/mol. The molecule has 0 bridgehead atoms. The van der Waals surface area contributed by atoms with Gasteiger partial charge in [0.05, 0.1) is 38.0 Å². The molecule has 0 amide bonds. The third-order valence-corrected chi connectivity index (χ3v) is 4.94. The normalized spacial score (nSPS) is 10.5. The van der Waals surface area contributed by atoms with Crippen molar-refractivity contribution in [1.29, 1.82) is 0 Å². The van der Waals surface area contributed by atoms with E-state index in [1.165, 1.54) is 21.3 Å². The number of hydrogen-bond acceptors (Lipinski definition) is 5. The fraction of sp³-hybridized carbons (Fsp3) is 0.353. The van der Waals surface area contributed by atoms with Gasteiger partial charge in [-0.05, 0) is 41.4 Å². The van der Waals surface area contributed by atoms with Gasteiger partial charge in [0, 0.05) is 0 Å². The van der Waals surface area contributed by atoms with E-state index >= 15 is 0 Å². The van der Waals surface area contributed by atoms with Gasteiger partial charge in [0.2, 0.25) is 17.4 Å². The number of carbonyl (C=O) groups is 1. The average molecular weight is 433 g/mol. The average Bonchev–Trinajstić information content (AvgIpc) is 2.87. The van der Waals surface area contributed by atoms with Crippen LogP contribution in [0.15, 0.2) is 10.5 Å². The molecule has 0 radical (unpaired) electrons. The molecule has 1 aromatic carbocycles. The van der Waals surface area contributed by atoms with Crippen molar-refractivity contribution in [1.82, 2.24) is 4.98 Å². The Morgan fingerprint density at radius 3 is 2.32 bits per heavy atom. The van der Waals surface area contributed by atoms with Crippen LogP contribution in [0.25, 0.3) is 0 Å². The third kappa shape index (κ3) is 3.43. The molecular weight excluding hydrogens is 414 g/mol. The summed E-state index contributed by atoms with van der Waals surface area (Å²) >= 11 is 9.45. The van der Waals surface area contributed by atoms with E-state index in [1.807, 2.05) is 6.92 Å². The van der Waals surface area contributed by atoms with Crippen molar-refractivity contribution in [3.05, 3.63) is 32.4 Å². The van der Waals surface area contributed by atoms with Gasteiger partial charge < -0.3 is 23.9 Å². The standard InChI is InChI=1S/C17H19BrClNO5/c1-6-25-17-11(12(18)16(19)20-17)13(21)10-8(2)7-9(22-3)14(23-4)15(10)24-5/h7,20H,6H2,1-5H3. The second-order valence-corrected chi connectivity index (χ2v) is 6.23. The van der Waals surface area contributed by atoms with Crippen molar-refractivity contribution in [2.24, 2.45) is 0 Å². The molecule has 2 aromatic rings. The van der Waals surface area contributed by atoms with Crippen LogP contribution in [0.1, 0.15) is 28.4 Å². The van der Waals surface area contributed by atoms with Gasteiger partial charge in [0.15, 0.2) is 11.5 Å². The number of ketones is 1. The van der Waals surface area contributed by atoms with Crippen molar-refractivity contribution in [3.63, 3.8) is 0 Å². The lowest BCUT2D eigenvalue weighted by Gasteiger charge is -2.17. The zero-order chi connectivity index (χ0) is 18.7. The highest BCUT2D eigenvalue weighted by Gasteiger charge is 2.30. The topological polar surface area (TPSA) is 69.8 Å². The first-order valence-corrected chi connectivity index (χ1v) is 8.62. The predicted octanol–water partition coefficient (Wildman–Crippen LogP) is 4.39. The number of methoxy groups -OCH3 is 3. The van der Waals surface area contributed by atoms with Crippen molar-refractivity contribution < 1.29 is 23.7 Å². The van der Waals surface area contributed by atoms with Gasteiger partial charge in [-0.2, -0.15) is 0 Å². The molecule has 136 valence electrons. The zero-order valence-corrected chi connectivity index (χ0v) is 16.9. The Balaban J connectivity index is 2.73. The molecule has 0 spiro atoms. The molecule has 1 N–H and O–H groups in total. The van der Waals surface area contributed by atoms with E-state index in [0.29, 0.717) is 45.1 Å². The summed E-state index contributed by atoms with van der Waals surface area (Å²) in [7, 11) is 4.47. The first-order valence-electron chi connectivity index (χ1n) is 7.45. The molecule has 25 heavy (non-hydrogen) atoms. The number of benzene rings is 1. The van der Waals surface area contributed by atoms with Crippen LogP contribution in [0, 0.1) is 6.92 Å². The van der Waals surface area contributed by atoms with Crippen molar-refractivity contribution in [3.8, 4) is 23.1 Å². The van der Waals surface area contributed by atoms with Crippen molar-refractivity contribution in [2.75, 3.05) is 27.9 Å². The zero-order valence-electron chi connectivity index (χ0n) is 14.6. The first-order chi connectivity index (χ1) is 11.9. The number of rotatable bonds is 7. The molecule has 0 atom stereocenters. The highest BCUT2D eigenvalue weighted by atomic mass is 79.9. The van der Waals surface area contributed by atoms with Crippen molar-refractivity contribution >= 4 is 33.3 Å². The molecule has 0 aliphatic carbocycles. The quantitative estimate of drug-likeness (QED) is 0.657. The van der Waals surface area contributed by atoms with E-state index in [9.17, 15) is 4.79 Å². The smallest absolute Gasteiger partial charge is 0.204 e. The summed E-state index contributed by atoms with van der Waals surface area (Å²) in [5.74, 6) is 1.09. The van der Waals surface area contributed by atoms with Crippen LogP contribution in [0.2, 0.25) is 5.15 Å². The van der Waals surface area contributed by atoms with Crippen LogP contribution in [-0.2, 0) is 0 Å². The number of aryl methyl sites for hydroxylation is 1. The van der Waals surface area contributed by atoms with E-state index in [2.05, 4.69) is 20.9 Å². The number of nitrogens with one attached hydrogen (secondary N) is 1. The number of H-pyrrole nitrogens is 1.